The number of fused-ring (bicyclic) bond motifs is 2. The van der Waals surface area contributed by atoms with Crippen LogP contribution < -0.4 is 0 Å². The quantitative estimate of drug-likeness (QED) is 0.385. The Bertz CT molecular complexity index is 1460. The van der Waals surface area contributed by atoms with Crippen molar-refractivity contribution in [1.82, 2.24) is 29.1 Å². The first-order valence-corrected chi connectivity index (χ1v) is 10.5. The molecule has 0 radical (unpaired) electrons. The Morgan fingerprint density at radius 1 is 0.531 bits per heavy atom. The highest BCUT2D eigenvalue weighted by molar-refractivity contribution is 5.93. The van der Waals surface area contributed by atoms with Gasteiger partial charge in [0.15, 0.2) is 0 Å². The summed E-state index contributed by atoms with van der Waals surface area (Å²) in [4.78, 5) is 18.2. The van der Waals surface area contributed by atoms with Crippen molar-refractivity contribution in [1.29, 1.82) is 0 Å². The van der Waals surface area contributed by atoms with Crippen LogP contribution >= 0.6 is 0 Å². The van der Waals surface area contributed by atoms with Crippen LogP contribution in [0.15, 0.2) is 85.5 Å². The van der Waals surface area contributed by atoms with Crippen molar-refractivity contribution in [2.45, 2.75) is 13.8 Å². The van der Waals surface area contributed by atoms with Crippen LogP contribution in [0.4, 0.5) is 0 Å². The number of nitrogens with zero attached hydrogens (tertiary/aromatic N) is 6. The van der Waals surface area contributed by atoms with Gasteiger partial charge in [0.2, 0.25) is 11.9 Å². The highest BCUT2D eigenvalue weighted by Gasteiger charge is 2.21. The van der Waals surface area contributed by atoms with Crippen LogP contribution in [0, 0.1) is 13.8 Å². The maximum absolute atomic E-state index is 4.56. The lowest BCUT2D eigenvalue weighted by Crippen LogP contribution is -2.06. The Morgan fingerprint density at radius 2 is 0.938 bits per heavy atom. The van der Waals surface area contributed by atoms with Gasteiger partial charge in [-0.3, -0.25) is 9.13 Å². The van der Waals surface area contributed by atoms with Crippen molar-refractivity contribution in [3.8, 4) is 23.3 Å². The standard InChI is InChI=1S/C26H20N6/c1-17-5-7-21-19(13-17)15-23(31(21)25-27-9-3-10-28-25)24-16-20-14-18(2)6-8-22(20)32(24)26-29-11-4-12-30-26/h3-16H,1-2H3. The van der Waals surface area contributed by atoms with Crippen LogP contribution in [0.2, 0.25) is 0 Å². The van der Waals surface area contributed by atoms with Crippen LogP contribution in [0.3, 0.4) is 0 Å². The van der Waals surface area contributed by atoms with Crippen LogP contribution in [-0.4, -0.2) is 29.1 Å². The summed E-state index contributed by atoms with van der Waals surface area (Å²) < 4.78 is 4.21. The van der Waals surface area contributed by atoms with Gasteiger partial charge in [0, 0.05) is 35.6 Å². The Balaban J connectivity index is 1.75. The number of hydrogen-bond donors (Lipinski definition) is 0. The third-order valence-electron chi connectivity index (χ3n) is 5.68. The Morgan fingerprint density at radius 3 is 1.34 bits per heavy atom. The van der Waals surface area contributed by atoms with E-state index in [1.165, 1.54) is 11.1 Å². The smallest absolute Gasteiger partial charge is 0.234 e. The Hall–Kier alpha value is -4.32. The molecule has 154 valence electrons. The minimum atomic E-state index is 0.628. The Labute approximate surface area is 184 Å². The molecular weight excluding hydrogens is 396 g/mol. The average molecular weight is 416 g/mol. The van der Waals surface area contributed by atoms with Gasteiger partial charge >= 0.3 is 0 Å². The molecule has 32 heavy (non-hydrogen) atoms. The maximum atomic E-state index is 4.56. The zero-order chi connectivity index (χ0) is 21.7. The predicted octanol–water partition coefficient (Wildman–Crippen LogP) is 5.44. The predicted molar refractivity (Wildman–Crippen MR) is 126 cm³/mol. The lowest BCUT2D eigenvalue weighted by Gasteiger charge is -2.12. The van der Waals surface area contributed by atoms with E-state index in [-0.39, 0.29) is 0 Å². The largest absolute Gasteiger partial charge is 0.276 e. The highest BCUT2D eigenvalue weighted by Crippen LogP contribution is 2.36. The monoisotopic (exact) mass is 416 g/mol. The van der Waals surface area contributed by atoms with Crippen LogP contribution in [0.25, 0.3) is 45.1 Å². The molecular formula is C26H20N6. The van der Waals surface area contributed by atoms with Gasteiger partial charge in [0.05, 0.1) is 22.4 Å². The van der Waals surface area contributed by atoms with Gasteiger partial charge < -0.3 is 0 Å². The van der Waals surface area contributed by atoms with Crippen molar-refractivity contribution in [3.63, 3.8) is 0 Å². The highest BCUT2D eigenvalue weighted by atomic mass is 15.2. The molecule has 0 unspecified atom stereocenters. The summed E-state index contributed by atoms with van der Waals surface area (Å²) in [7, 11) is 0. The van der Waals surface area contributed by atoms with E-state index in [9.17, 15) is 0 Å². The summed E-state index contributed by atoms with van der Waals surface area (Å²) in [5, 5.41) is 2.27. The summed E-state index contributed by atoms with van der Waals surface area (Å²) >= 11 is 0. The number of benzene rings is 2. The summed E-state index contributed by atoms with van der Waals surface area (Å²) in [6, 6.07) is 20.9. The fourth-order valence-electron chi connectivity index (χ4n) is 4.29. The summed E-state index contributed by atoms with van der Waals surface area (Å²) in [5.74, 6) is 1.26. The molecule has 0 bridgehead atoms. The molecule has 0 amide bonds. The molecule has 0 saturated heterocycles. The molecule has 0 atom stereocenters. The van der Waals surface area contributed by atoms with Crippen molar-refractivity contribution in [3.05, 3.63) is 96.6 Å². The third-order valence-corrected chi connectivity index (χ3v) is 5.68. The molecule has 4 aromatic heterocycles. The molecule has 0 fully saturated rings. The van der Waals surface area contributed by atoms with Crippen molar-refractivity contribution < 1.29 is 0 Å². The van der Waals surface area contributed by atoms with Gasteiger partial charge in [-0.05, 0) is 62.4 Å². The molecule has 0 aliphatic rings. The van der Waals surface area contributed by atoms with E-state index < -0.39 is 0 Å². The molecule has 6 rings (SSSR count). The molecule has 0 saturated carbocycles. The van der Waals surface area contributed by atoms with E-state index >= 15 is 0 Å². The second kappa shape index (κ2) is 7.13. The molecule has 2 aromatic carbocycles. The van der Waals surface area contributed by atoms with Gasteiger partial charge in [0.1, 0.15) is 0 Å². The minimum Gasteiger partial charge on any atom is -0.276 e. The number of hydrogen-bond acceptors (Lipinski definition) is 4. The third kappa shape index (κ3) is 2.88. The topological polar surface area (TPSA) is 61.4 Å². The molecule has 0 aliphatic heterocycles. The van der Waals surface area contributed by atoms with E-state index in [1.807, 2.05) is 12.1 Å². The zero-order valence-corrected chi connectivity index (χ0v) is 17.8. The van der Waals surface area contributed by atoms with Crippen molar-refractivity contribution in [2.24, 2.45) is 0 Å². The van der Waals surface area contributed by atoms with Gasteiger partial charge in [0.25, 0.3) is 0 Å². The van der Waals surface area contributed by atoms with E-state index in [2.05, 4.69) is 91.4 Å². The molecule has 6 heteroatoms. The van der Waals surface area contributed by atoms with Crippen LogP contribution in [-0.2, 0) is 0 Å². The van der Waals surface area contributed by atoms with Crippen LogP contribution in [0.5, 0.6) is 0 Å². The number of aryl methyl sites for hydroxylation is 2. The lowest BCUT2D eigenvalue weighted by molar-refractivity contribution is 0.932. The second-order valence-electron chi connectivity index (χ2n) is 7.95. The average Bonchev–Trinajstić information content (AvgIpc) is 3.37. The summed E-state index contributed by atoms with van der Waals surface area (Å²) in [6.07, 6.45) is 7.08. The first-order valence-electron chi connectivity index (χ1n) is 10.5. The van der Waals surface area contributed by atoms with Gasteiger partial charge in [-0.25, -0.2) is 19.9 Å². The molecule has 4 heterocycles. The lowest BCUT2D eigenvalue weighted by atomic mass is 10.1. The summed E-state index contributed by atoms with van der Waals surface area (Å²) in [5.41, 5.74) is 6.49. The maximum Gasteiger partial charge on any atom is 0.234 e. The van der Waals surface area contributed by atoms with E-state index in [4.69, 9.17) is 0 Å². The molecule has 6 nitrogen and oxygen atoms in total. The second-order valence-corrected chi connectivity index (χ2v) is 7.95. The van der Waals surface area contributed by atoms with E-state index in [1.54, 1.807) is 24.8 Å². The Kier molecular flexibility index (Phi) is 4.11. The van der Waals surface area contributed by atoms with Gasteiger partial charge in [-0.15, -0.1) is 0 Å². The zero-order valence-electron chi connectivity index (χ0n) is 17.8. The molecule has 0 spiro atoms. The fraction of sp³-hybridized carbons (Fsp3) is 0.0769. The SMILES string of the molecule is Cc1ccc2c(c1)cc(-c1cc3cc(C)ccc3n1-c1ncccn1)n2-c1ncccn1. The molecule has 0 N–H and O–H groups in total. The normalized spacial score (nSPS) is 11.4. The van der Waals surface area contributed by atoms with Gasteiger partial charge in [-0.1, -0.05) is 23.3 Å². The fourth-order valence-corrected chi connectivity index (χ4v) is 4.29. The number of aromatic nitrogens is 6. The number of rotatable bonds is 3. The van der Waals surface area contributed by atoms with E-state index in [0.717, 1.165) is 33.2 Å². The first kappa shape index (κ1) is 18.4. The van der Waals surface area contributed by atoms with Crippen molar-refractivity contribution in [2.75, 3.05) is 0 Å². The summed E-state index contributed by atoms with van der Waals surface area (Å²) in [6.45, 7) is 4.21. The first-order chi connectivity index (χ1) is 15.7. The minimum absolute atomic E-state index is 0.628. The molecule has 0 aliphatic carbocycles. The molecule has 6 aromatic rings. The van der Waals surface area contributed by atoms with Crippen molar-refractivity contribution >= 4 is 21.8 Å². The van der Waals surface area contributed by atoms with E-state index in [0.29, 0.717) is 11.9 Å². The van der Waals surface area contributed by atoms with Crippen LogP contribution in [0.1, 0.15) is 11.1 Å². The van der Waals surface area contributed by atoms with Gasteiger partial charge in [-0.2, -0.15) is 0 Å².